The van der Waals surface area contributed by atoms with E-state index in [1.807, 2.05) is 0 Å². The fourth-order valence-corrected chi connectivity index (χ4v) is 1.50. The third-order valence-electron chi connectivity index (χ3n) is 2.19. The van der Waals surface area contributed by atoms with Crippen LogP contribution in [0.3, 0.4) is 0 Å². The number of benzene rings is 1. The standard InChI is InChI=1S/C13H16ClNO3/c1-2-8-18-9-4-7-12(16)15-11-6-3-5-10(14)13(11)17/h2-3,5-6,17H,1,4,7-9H2,(H,15,16). The molecule has 0 saturated carbocycles. The Morgan fingerprint density at radius 3 is 3.06 bits per heavy atom. The van der Waals surface area contributed by atoms with Gasteiger partial charge in [0.2, 0.25) is 5.91 Å². The Labute approximate surface area is 111 Å². The number of para-hydroxylation sites is 1. The number of anilines is 1. The first-order chi connectivity index (χ1) is 8.65. The lowest BCUT2D eigenvalue weighted by Crippen LogP contribution is -2.12. The summed E-state index contributed by atoms with van der Waals surface area (Å²) in [5.41, 5.74) is 0.319. The molecule has 0 fully saturated rings. The van der Waals surface area contributed by atoms with E-state index in [9.17, 15) is 9.90 Å². The molecule has 0 aromatic heterocycles. The topological polar surface area (TPSA) is 58.6 Å². The number of amides is 1. The Morgan fingerprint density at radius 1 is 1.56 bits per heavy atom. The summed E-state index contributed by atoms with van der Waals surface area (Å²) in [6.07, 6.45) is 2.59. The molecule has 0 atom stereocenters. The highest BCUT2D eigenvalue weighted by molar-refractivity contribution is 6.32. The van der Waals surface area contributed by atoms with Gasteiger partial charge in [-0.05, 0) is 18.6 Å². The highest BCUT2D eigenvalue weighted by atomic mass is 35.5. The van der Waals surface area contributed by atoms with Crippen LogP contribution in [0.15, 0.2) is 30.9 Å². The molecule has 1 amide bonds. The molecule has 5 heteroatoms. The Hall–Kier alpha value is -1.52. The number of phenols is 1. The smallest absolute Gasteiger partial charge is 0.224 e. The van der Waals surface area contributed by atoms with E-state index in [1.165, 1.54) is 0 Å². The molecule has 1 rings (SSSR count). The van der Waals surface area contributed by atoms with Crippen molar-refractivity contribution < 1.29 is 14.6 Å². The Balaban J connectivity index is 2.36. The van der Waals surface area contributed by atoms with Gasteiger partial charge in [0.05, 0.1) is 17.3 Å². The fourth-order valence-electron chi connectivity index (χ4n) is 1.33. The molecule has 2 N–H and O–H groups in total. The van der Waals surface area contributed by atoms with Gasteiger partial charge >= 0.3 is 0 Å². The Morgan fingerprint density at radius 2 is 2.33 bits per heavy atom. The van der Waals surface area contributed by atoms with E-state index >= 15 is 0 Å². The molecule has 0 spiro atoms. The van der Waals surface area contributed by atoms with Gasteiger partial charge in [-0.25, -0.2) is 0 Å². The van der Waals surface area contributed by atoms with Gasteiger partial charge in [0, 0.05) is 13.0 Å². The maximum Gasteiger partial charge on any atom is 0.224 e. The van der Waals surface area contributed by atoms with Crippen molar-refractivity contribution in [1.82, 2.24) is 0 Å². The fraction of sp³-hybridized carbons (Fsp3) is 0.308. The SMILES string of the molecule is C=CCOCCCC(=O)Nc1cccc(Cl)c1O. The molecule has 0 aliphatic heterocycles. The van der Waals surface area contributed by atoms with Crippen molar-refractivity contribution in [3.05, 3.63) is 35.9 Å². The van der Waals surface area contributed by atoms with Gasteiger partial charge in [-0.1, -0.05) is 23.7 Å². The number of phenolic OH excluding ortho intramolecular Hbond substituents is 1. The minimum Gasteiger partial charge on any atom is -0.504 e. The minimum atomic E-state index is -0.185. The monoisotopic (exact) mass is 269 g/mol. The van der Waals surface area contributed by atoms with Gasteiger partial charge in [-0.2, -0.15) is 0 Å². The van der Waals surface area contributed by atoms with Crippen molar-refractivity contribution >= 4 is 23.2 Å². The molecule has 1 aromatic rings. The van der Waals surface area contributed by atoms with Crippen molar-refractivity contribution in [2.45, 2.75) is 12.8 Å². The lowest BCUT2D eigenvalue weighted by molar-refractivity contribution is -0.116. The van der Waals surface area contributed by atoms with Crippen LogP contribution in [0.1, 0.15) is 12.8 Å². The number of rotatable bonds is 7. The molecule has 18 heavy (non-hydrogen) atoms. The van der Waals surface area contributed by atoms with E-state index in [0.717, 1.165) is 0 Å². The van der Waals surface area contributed by atoms with Crippen LogP contribution in [-0.4, -0.2) is 24.2 Å². The summed E-state index contributed by atoms with van der Waals surface area (Å²) in [4.78, 5) is 11.6. The van der Waals surface area contributed by atoms with E-state index in [4.69, 9.17) is 16.3 Å². The maximum absolute atomic E-state index is 11.6. The summed E-state index contributed by atoms with van der Waals surface area (Å²) in [6.45, 7) is 4.51. The zero-order valence-electron chi connectivity index (χ0n) is 9.99. The third kappa shape index (κ3) is 4.77. The minimum absolute atomic E-state index is 0.115. The molecular weight excluding hydrogens is 254 g/mol. The summed E-state index contributed by atoms with van der Waals surface area (Å²) >= 11 is 5.73. The number of nitrogens with one attached hydrogen (secondary N) is 1. The second-order valence-electron chi connectivity index (χ2n) is 3.65. The van der Waals surface area contributed by atoms with Crippen LogP contribution in [0.2, 0.25) is 5.02 Å². The Bertz CT molecular complexity index is 421. The molecular formula is C13H16ClNO3. The summed E-state index contributed by atoms with van der Waals surface area (Å²) in [5.74, 6) is -0.301. The van der Waals surface area contributed by atoms with Gasteiger partial charge in [0.15, 0.2) is 5.75 Å². The van der Waals surface area contributed by atoms with Crippen LogP contribution in [0.5, 0.6) is 5.75 Å². The number of hydrogen-bond donors (Lipinski definition) is 2. The number of carbonyl (C=O) groups is 1. The maximum atomic E-state index is 11.6. The van der Waals surface area contributed by atoms with Crippen LogP contribution in [0.4, 0.5) is 5.69 Å². The highest BCUT2D eigenvalue weighted by Crippen LogP contribution is 2.31. The predicted octanol–water partition coefficient (Wildman–Crippen LogP) is 2.97. The summed E-state index contributed by atoms with van der Waals surface area (Å²) in [5, 5.41) is 12.4. The largest absolute Gasteiger partial charge is 0.504 e. The van der Waals surface area contributed by atoms with Crippen molar-refractivity contribution in [3.8, 4) is 5.75 Å². The van der Waals surface area contributed by atoms with E-state index in [-0.39, 0.29) is 16.7 Å². The number of halogens is 1. The molecule has 0 aliphatic rings. The number of carbonyl (C=O) groups excluding carboxylic acids is 1. The lowest BCUT2D eigenvalue weighted by Gasteiger charge is -2.08. The van der Waals surface area contributed by atoms with Crippen molar-refractivity contribution in [2.24, 2.45) is 0 Å². The molecule has 1 aromatic carbocycles. The van der Waals surface area contributed by atoms with Crippen LogP contribution >= 0.6 is 11.6 Å². The van der Waals surface area contributed by atoms with Gasteiger partial charge < -0.3 is 15.2 Å². The van der Waals surface area contributed by atoms with E-state index < -0.39 is 0 Å². The van der Waals surface area contributed by atoms with Crippen LogP contribution < -0.4 is 5.32 Å². The summed E-state index contributed by atoms with van der Waals surface area (Å²) in [6, 6.07) is 4.80. The van der Waals surface area contributed by atoms with E-state index in [2.05, 4.69) is 11.9 Å². The average Bonchev–Trinajstić information content (AvgIpc) is 2.35. The molecule has 0 aliphatic carbocycles. The first-order valence-corrected chi connectivity index (χ1v) is 5.99. The lowest BCUT2D eigenvalue weighted by atomic mass is 10.2. The van der Waals surface area contributed by atoms with Gasteiger partial charge in [0.1, 0.15) is 0 Å². The second kappa shape index (κ2) is 7.74. The molecule has 0 unspecified atom stereocenters. The number of ether oxygens (including phenoxy) is 1. The zero-order valence-corrected chi connectivity index (χ0v) is 10.7. The third-order valence-corrected chi connectivity index (χ3v) is 2.49. The van der Waals surface area contributed by atoms with Gasteiger partial charge in [0.25, 0.3) is 0 Å². The number of aromatic hydroxyl groups is 1. The molecule has 98 valence electrons. The van der Waals surface area contributed by atoms with Gasteiger partial charge in [-0.15, -0.1) is 6.58 Å². The second-order valence-corrected chi connectivity index (χ2v) is 4.06. The van der Waals surface area contributed by atoms with Crippen molar-refractivity contribution in [1.29, 1.82) is 0 Å². The van der Waals surface area contributed by atoms with Gasteiger partial charge in [-0.3, -0.25) is 4.79 Å². The average molecular weight is 270 g/mol. The first-order valence-electron chi connectivity index (χ1n) is 5.61. The highest BCUT2D eigenvalue weighted by Gasteiger charge is 2.08. The van der Waals surface area contributed by atoms with E-state index in [0.29, 0.717) is 31.7 Å². The quantitative estimate of drug-likeness (QED) is 0.454. The molecule has 0 radical (unpaired) electrons. The molecule has 0 saturated heterocycles. The summed E-state index contributed by atoms with van der Waals surface area (Å²) in [7, 11) is 0. The van der Waals surface area contributed by atoms with Crippen LogP contribution in [-0.2, 0) is 9.53 Å². The normalized spacial score (nSPS) is 10.1. The van der Waals surface area contributed by atoms with Crippen LogP contribution in [0, 0.1) is 0 Å². The van der Waals surface area contributed by atoms with Crippen molar-refractivity contribution in [2.75, 3.05) is 18.5 Å². The van der Waals surface area contributed by atoms with E-state index in [1.54, 1.807) is 24.3 Å². The molecule has 0 bridgehead atoms. The zero-order chi connectivity index (χ0) is 13.4. The summed E-state index contributed by atoms with van der Waals surface area (Å²) < 4.78 is 5.16. The number of hydrogen-bond acceptors (Lipinski definition) is 3. The first kappa shape index (κ1) is 14.5. The molecule has 0 heterocycles. The van der Waals surface area contributed by atoms with Crippen molar-refractivity contribution in [3.63, 3.8) is 0 Å². The Kier molecular flexibility index (Phi) is 6.25. The van der Waals surface area contributed by atoms with Crippen LogP contribution in [0.25, 0.3) is 0 Å². The predicted molar refractivity (Wildman–Crippen MR) is 72.0 cm³/mol. The molecule has 4 nitrogen and oxygen atoms in total.